The number of methoxy groups -OCH3 is 1. The molecular formula is C52H53ClN6O8S. The fraction of sp³-hybridized carbons (Fsp3) is 0.308. The summed E-state index contributed by atoms with van der Waals surface area (Å²) in [6.45, 7) is 11.2. The van der Waals surface area contributed by atoms with Crippen LogP contribution in [0, 0.1) is 10.8 Å². The Morgan fingerprint density at radius 2 is 1.00 bits per heavy atom. The number of rotatable bonds is 10. The predicted molar refractivity (Wildman–Crippen MR) is 261 cm³/mol. The van der Waals surface area contributed by atoms with Crippen LogP contribution in [0.1, 0.15) is 96.3 Å². The number of hydrogen-bond donors (Lipinski definition) is 1. The lowest BCUT2D eigenvalue weighted by Gasteiger charge is -2.36. The highest BCUT2D eigenvalue weighted by atomic mass is 35.5. The zero-order valence-electron chi connectivity index (χ0n) is 39.7. The number of nitrogens with zero attached hydrogens (tertiary/aromatic N) is 6. The van der Waals surface area contributed by atoms with E-state index in [2.05, 4.69) is 18.8 Å². The quantitative estimate of drug-likeness (QED) is 0.0781. The summed E-state index contributed by atoms with van der Waals surface area (Å²) < 4.78 is 17.3. The first-order valence-corrected chi connectivity index (χ1v) is 23.1. The van der Waals surface area contributed by atoms with Crippen molar-refractivity contribution in [2.45, 2.75) is 63.7 Å². The number of benzene rings is 2. The van der Waals surface area contributed by atoms with Crippen LogP contribution in [0.4, 0.5) is 0 Å². The first-order chi connectivity index (χ1) is 32.1. The number of amides is 2. The topological polar surface area (TPSA) is 174 Å². The molecule has 6 aromatic rings. The van der Waals surface area contributed by atoms with Crippen molar-refractivity contribution in [1.29, 1.82) is 0 Å². The molecule has 0 saturated carbocycles. The van der Waals surface area contributed by atoms with E-state index in [4.69, 9.17) is 40.8 Å². The second-order valence-corrected chi connectivity index (χ2v) is 20.3. The lowest BCUT2D eigenvalue weighted by Crippen LogP contribution is -2.35. The number of esters is 1. The van der Waals surface area contributed by atoms with Crippen molar-refractivity contribution in [3.63, 3.8) is 0 Å². The molecule has 4 aromatic heterocycles. The molecule has 0 fully saturated rings. The molecule has 2 unspecified atom stereocenters. The zero-order valence-corrected chi connectivity index (χ0v) is 41.3. The maximum Gasteiger partial charge on any atom is 0.312 e. The molecule has 2 amide bonds. The summed E-state index contributed by atoms with van der Waals surface area (Å²) in [4.78, 5) is 70.9. The van der Waals surface area contributed by atoms with Gasteiger partial charge in [0.15, 0.2) is 0 Å². The van der Waals surface area contributed by atoms with E-state index < -0.39 is 28.6 Å². The van der Waals surface area contributed by atoms with Crippen LogP contribution >= 0.6 is 23.4 Å². The summed E-state index contributed by atoms with van der Waals surface area (Å²) in [5.74, 6) is -0.884. The van der Waals surface area contributed by atoms with Crippen molar-refractivity contribution in [3.05, 3.63) is 136 Å². The summed E-state index contributed by atoms with van der Waals surface area (Å²) in [5.41, 5.74) is 5.07. The van der Waals surface area contributed by atoms with E-state index >= 15 is 0 Å². The molecule has 0 saturated heterocycles. The highest BCUT2D eigenvalue weighted by Crippen LogP contribution is 2.53. The van der Waals surface area contributed by atoms with E-state index in [-0.39, 0.29) is 22.9 Å². The van der Waals surface area contributed by atoms with Crippen LogP contribution < -0.4 is 9.47 Å². The number of carboxylic acids is 1. The lowest BCUT2D eigenvalue weighted by molar-refractivity contribution is -0.151. The SMILES string of the molecule is CC(C)Sc1ccc2c(n1)Oc1nc(-c3ccc(C(=O)N(C)C)cc3)ccc1C2C(C)(C)C(=O)O.COC(=O)C(C)(C)C1c2ccc(Cl)nc2Oc2nc(-c3ccc(C(=O)N(C)C)cc3)ccc21. The van der Waals surface area contributed by atoms with Gasteiger partial charge in [0.25, 0.3) is 11.8 Å². The Kier molecular flexibility index (Phi) is 14.0. The molecule has 0 radical (unpaired) electrons. The third-order valence-electron chi connectivity index (χ3n) is 11.9. The molecular weight excluding hydrogens is 904 g/mol. The molecule has 2 aromatic carbocycles. The summed E-state index contributed by atoms with van der Waals surface area (Å²) >= 11 is 7.73. The number of thioether (sulfide) groups is 1. The van der Waals surface area contributed by atoms with E-state index in [1.807, 2.05) is 80.6 Å². The minimum absolute atomic E-state index is 0.0734. The van der Waals surface area contributed by atoms with E-state index in [1.54, 1.807) is 84.1 Å². The fourth-order valence-electron chi connectivity index (χ4n) is 8.26. The van der Waals surface area contributed by atoms with Gasteiger partial charge in [0.2, 0.25) is 23.5 Å². The third-order valence-corrected chi connectivity index (χ3v) is 13.0. The first-order valence-electron chi connectivity index (χ1n) is 21.8. The smallest absolute Gasteiger partial charge is 0.312 e. The minimum Gasteiger partial charge on any atom is -0.481 e. The normalized spacial score (nSPS) is 14.6. The summed E-state index contributed by atoms with van der Waals surface area (Å²) in [6, 6.07) is 29.3. The van der Waals surface area contributed by atoms with Gasteiger partial charge in [0.1, 0.15) is 10.2 Å². The number of carbonyl (C=O) groups excluding carboxylic acids is 3. The Morgan fingerprint density at radius 1 is 0.603 bits per heavy atom. The Bertz CT molecular complexity index is 2920. The average molecular weight is 958 g/mol. The van der Waals surface area contributed by atoms with Crippen molar-refractivity contribution in [2.75, 3.05) is 35.3 Å². The van der Waals surface area contributed by atoms with Crippen LogP contribution in [0.15, 0.2) is 102 Å². The molecule has 0 bridgehead atoms. The van der Waals surface area contributed by atoms with E-state index in [0.717, 1.165) is 32.8 Å². The van der Waals surface area contributed by atoms with Crippen LogP contribution in [0.25, 0.3) is 22.5 Å². The number of halogens is 1. The van der Waals surface area contributed by atoms with Gasteiger partial charge in [-0.25, -0.2) is 19.9 Å². The van der Waals surface area contributed by atoms with Crippen molar-refractivity contribution in [1.82, 2.24) is 29.7 Å². The number of ether oxygens (including phenoxy) is 3. The van der Waals surface area contributed by atoms with Gasteiger partial charge in [-0.3, -0.25) is 19.2 Å². The van der Waals surface area contributed by atoms with E-state index in [1.165, 1.54) is 16.9 Å². The predicted octanol–water partition coefficient (Wildman–Crippen LogP) is 10.6. The Hall–Kier alpha value is -6.84. The highest BCUT2D eigenvalue weighted by molar-refractivity contribution is 7.99. The standard InChI is InChI=1S/C27H29N3O4S.C25H24ClN3O4/c1-15(2)35-21-14-12-19-22(27(3,4)26(32)33)18-11-13-20(28-23(18)34-24(19)29-21)16-7-9-17(10-8-16)25(31)30(5)6;1-25(2,24(31)32-5)20-16-10-12-18(14-6-8-15(9-7-14)23(30)29(3)4)27-21(16)33-22-17(20)11-13-19(26)28-22/h7-15,22H,1-6H3,(H,32,33);6-13,20H,1-5H3. The van der Waals surface area contributed by atoms with Gasteiger partial charge in [-0.1, -0.05) is 67.9 Å². The highest BCUT2D eigenvalue weighted by Gasteiger charge is 2.46. The molecule has 16 heteroatoms. The largest absolute Gasteiger partial charge is 0.481 e. The Morgan fingerprint density at radius 3 is 1.41 bits per heavy atom. The van der Waals surface area contributed by atoms with Crippen molar-refractivity contribution in [2.24, 2.45) is 10.8 Å². The van der Waals surface area contributed by atoms with Crippen LogP contribution in [-0.4, -0.2) is 99.1 Å². The number of carboxylic acid groups (broad SMARTS) is 1. The number of hydrogen-bond acceptors (Lipinski definition) is 12. The van der Waals surface area contributed by atoms with Gasteiger partial charge >= 0.3 is 11.9 Å². The zero-order chi connectivity index (χ0) is 49.4. The third kappa shape index (κ3) is 9.76. The number of pyridine rings is 4. The monoisotopic (exact) mass is 956 g/mol. The van der Waals surface area contributed by atoms with Gasteiger partial charge < -0.3 is 29.1 Å². The lowest BCUT2D eigenvalue weighted by atomic mass is 9.71. The Labute approximate surface area is 405 Å². The van der Waals surface area contributed by atoms with Crippen LogP contribution in [0.2, 0.25) is 5.15 Å². The van der Waals surface area contributed by atoms with Gasteiger partial charge in [0, 0.05) is 89.8 Å². The molecule has 1 N–H and O–H groups in total. The Balaban J connectivity index is 0.000000202. The maximum atomic E-state index is 12.7. The minimum atomic E-state index is -1.11. The molecule has 6 heterocycles. The molecule has 14 nitrogen and oxygen atoms in total. The summed E-state index contributed by atoms with van der Waals surface area (Å²) in [5, 5.41) is 11.5. The van der Waals surface area contributed by atoms with Crippen molar-refractivity contribution >= 4 is 47.1 Å². The van der Waals surface area contributed by atoms with Crippen molar-refractivity contribution in [3.8, 4) is 46.0 Å². The van der Waals surface area contributed by atoms with Gasteiger partial charge in [-0.2, -0.15) is 0 Å². The second kappa shape index (κ2) is 19.4. The number of aliphatic carboxylic acids is 1. The molecule has 0 aliphatic carbocycles. The van der Waals surface area contributed by atoms with Crippen LogP contribution in [-0.2, 0) is 14.3 Å². The average Bonchev–Trinajstić information content (AvgIpc) is 3.31. The van der Waals surface area contributed by atoms with Crippen molar-refractivity contribution < 1.29 is 38.5 Å². The number of carbonyl (C=O) groups is 4. The van der Waals surface area contributed by atoms with Gasteiger partial charge in [-0.05, 0) is 82.3 Å². The molecule has 352 valence electrons. The number of fused-ring (bicyclic) bond motifs is 4. The van der Waals surface area contributed by atoms with E-state index in [0.29, 0.717) is 56.8 Å². The maximum absolute atomic E-state index is 12.7. The van der Waals surface area contributed by atoms with E-state index in [9.17, 15) is 24.3 Å². The van der Waals surface area contributed by atoms with Crippen LogP contribution in [0.3, 0.4) is 0 Å². The second-order valence-electron chi connectivity index (χ2n) is 18.3. The van der Waals surface area contributed by atoms with Gasteiger partial charge in [0.05, 0.1) is 29.3 Å². The molecule has 2 atom stereocenters. The summed E-state index contributed by atoms with van der Waals surface area (Å²) in [7, 11) is 8.22. The molecule has 0 spiro atoms. The molecule has 68 heavy (non-hydrogen) atoms. The summed E-state index contributed by atoms with van der Waals surface area (Å²) in [6.07, 6.45) is 0. The first kappa shape index (κ1) is 49.1. The molecule has 2 aliphatic rings. The fourth-order valence-corrected chi connectivity index (χ4v) is 9.17. The molecule has 2 aliphatic heterocycles. The number of aromatic nitrogens is 4. The molecule has 8 rings (SSSR count). The van der Waals surface area contributed by atoms with Crippen LogP contribution in [0.5, 0.6) is 23.5 Å². The van der Waals surface area contributed by atoms with Gasteiger partial charge in [-0.15, -0.1) is 11.8 Å².